The van der Waals surface area contributed by atoms with E-state index in [2.05, 4.69) is 159 Å². The van der Waals surface area contributed by atoms with Gasteiger partial charge in [0.15, 0.2) is 11.2 Å². The van der Waals surface area contributed by atoms with Gasteiger partial charge in [0.05, 0.1) is 33.4 Å². The minimum absolute atomic E-state index is 0.895. The molecule has 0 aliphatic rings. The molecule has 0 fully saturated rings. The van der Waals surface area contributed by atoms with Gasteiger partial charge in [-0.25, -0.2) is 0 Å². The average Bonchev–Trinajstić information content (AvgIpc) is 3.65. The Morgan fingerprint density at radius 1 is 0.400 bits per heavy atom. The number of hydrogen-bond donors (Lipinski definition) is 0. The Morgan fingerprint density at radius 3 is 1.35 bits per heavy atom. The number of fused-ring (bicyclic) bond motifs is 9. The maximum absolute atomic E-state index is 6.94. The van der Waals surface area contributed by atoms with E-state index in [0.717, 1.165) is 33.3 Å². The Hall–Kier alpha value is -4.55. The molecule has 9 aromatic rings. The van der Waals surface area contributed by atoms with Gasteiger partial charge in [-0.15, -0.1) is 0 Å². The fourth-order valence-corrected chi connectivity index (χ4v) is 7.02. The van der Waals surface area contributed by atoms with Crippen LogP contribution in [0.3, 0.4) is 0 Å². The minimum atomic E-state index is 0.895. The molecule has 188 valence electrons. The molecule has 0 atom stereocenters. The van der Waals surface area contributed by atoms with Gasteiger partial charge >= 0.3 is 0 Å². The van der Waals surface area contributed by atoms with Crippen molar-refractivity contribution in [2.75, 3.05) is 0 Å². The average molecular weight is 624 g/mol. The van der Waals surface area contributed by atoms with E-state index in [-0.39, 0.29) is 0 Å². The molecule has 0 saturated heterocycles. The van der Waals surface area contributed by atoms with E-state index in [4.69, 9.17) is 4.42 Å². The molecule has 0 amide bonds. The molecule has 0 unspecified atom stereocenters. The summed E-state index contributed by atoms with van der Waals surface area (Å²) >= 11 is 2.40. The number of para-hydroxylation sites is 5. The Labute approximate surface area is 243 Å². The van der Waals surface area contributed by atoms with E-state index in [9.17, 15) is 0 Å². The largest absolute Gasteiger partial charge is 0.452 e. The van der Waals surface area contributed by atoms with Gasteiger partial charge in [-0.1, -0.05) is 78.9 Å². The number of nitrogens with zero attached hydrogens (tertiary/aromatic N) is 2. The van der Waals surface area contributed by atoms with E-state index in [0.29, 0.717) is 0 Å². The van der Waals surface area contributed by atoms with Gasteiger partial charge in [0.2, 0.25) is 0 Å². The number of aromatic nitrogens is 2. The highest BCUT2D eigenvalue weighted by molar-refractivity contribution is 14.1. The number of furan rings is 1. The molecule has 3 nitrogen and oxygen atoms in total. The summed E-state index contributed by atoms with van der Waals surface area (Å²) in [7, 11) is 0. The summed E-state index contributed by atoms with van der Waals surface area (Å²) in [5.41, 5.74) is 8.59. The van der Waals surface area contributed by atoms with Crippen molar-refractivity contribution < 1.29 is 4.42 Å². The number of rotatable bonds is 2. The van der Waals surface area contributed by atoms with Gasteiger partial charge in [0, 0.05) is 35.9 Å². The maximum atomic E-state index is 6.94. The summed E-state index contributed by atoms with van der Waals surface area (Å²) in [6, 6.07) is 45.5. The van der Waals surface area contributed by atoms with Gasteiger partial charge in [-0.2, -0.15) is 0 Å². The summed E-state index contributed by atoms with van der Waals surface area (Å²) < 4.78 is 12.9. The van der Waals surface area contributed by atoms with Crippen molar-refractivity contribution in [1.82, 2.24) is 9.13 Å². The Morgan fingerprint density at radius 2 is 0.825 bits per heavy atom. The molecule has 0 saturated carbocycles. The van der Waals surface area contributed by atoms with Crippen molar-refractivity contribution in [3.8, 4) is 11.4 Å². The van der Waals surface area contributed by atoms with Crippen LogP contribution >= 0.6 is 22.6 Å². The van der Waals surface area contributed by atoms with Crippen molar-refractivity contribution in [3.63, 3.8) is 0 Å². The molecule has 40 heavy (non-hydrogen) atoms. The third kappa shape index (κ3) is 2.94. The van der Waals surface area contributed by atoms with Crippen molar-refractivity contribution in [2.24, 2.45) is 0 Å². The molecule has 0 aliphatic heterocycles. The third-order valence-corrected chi connectivity index (χ3v) is 8.85. The lowest BCUT2D eigenvalue weighted by Crippen LogP contribution is -1.94. The first-order chi connectivity index (χ1) is 19.8. The molecule has 3 aromatic heterocycles. The van der Waals surface area contributed by atoms with Crippen LogP contribution in [0.15, 0.2) is 132 Å². The lowest BCUT2D eigenvalue weighted by molar-refractivity contribution is 0.664. The zero-order valence-corrected chi connectivity index (χ0v) is 23.5. The fraction of sp³-hybridized carbons (Fsp3) is 0. The molecule has 0 spiro atoms. The monoisotopic (exact) mass is 624 g/mol. The van der Waals surface area contributed by atoms with Crippen LogP contribution in [0.5, 0.6) is 0 Å². The molecule has 0 aliphatic carbocycles. The minimum Gasteiger partial charge on any atom is -0.452 e. The molecule has 3 heterocycles. The predicted octanol–water partition coefficient (Wildman–Crippen LogP) is 10.4. The molecular formula is C36H21IN2O. The first kappa shape index (κ1) is 22.3. The van der Waals surface area contributed by atoms with Crippen LogP contribution < -0.4 is 0 Å². The normalized spacial score (nSPS) is 12.1. The fourth-order valence-electron chi connectivity index (χ4n) is 6.53. The zero-order chi connectivity index (χ0) is 26.4. The van der Waals surface area contributed by atoms with Crippen molar-refractivity contribution in [1.29, 1.82) is 0 Å². The van der Waals surface area contributed by atoms with Gasteiger partial charge in [0.25, 0.3) is 0 Å². The van der Waals surface area contributed by atoms with Crippen LogP contribution in [-0.2, 0) is 0 Å². The van der Waals surface area contributed by atoms with Crippen LogP contribution in [0.2, 0.25) is 0 Å². The highest BCUT2D eigenvalue weighted by atomic mass is 127. The van der Waals surface area contributed by atoms with E-state index >= 15 is 0 Å². The Kier molecular flexibility index (Phi) is 4.58. The van der Waals surface area contributed by atoms with Crippen LogP contribution in [0.1, 0.15) is 0 Å². The number of benzene rings is 6. The van der Waals surface area contributed by atoms with E-state index in [1.54, 1.807) is 0 Å². The standard InChI is InChI=1S/C36H21IN2O/c37-22-19-20-32-28(21-22)25-11-3-6-16-31(25)39(32)34-18-8-13-27-26-12-7-17-33(35(26)40-36(27)34)38-29-14-4-1-9-23(29)24-10-2-5-15-30(24)38/h1-21H. The van der Waals surface area contributed by atoms with Crippen LogP contribution in [-0.4, -0.2) is 9.13 Å². The van der Waals surface area contributed by atoms with Gasteiger partial charge in [-0.3, -0.25) is 0 Å². The Bertz CT molecular complexity index is 2400. The summed E-state index contributed by atoms with van der Waals surface area (Å²) in [5.74, 6) is 0. The smallest absolute Gasteiger partial charge is 0.159 e. The van der Waals surface area contributed by atoms with Crippen LogP contribution in [0.25, 0.3) is 76.9 Å². The molecule has 4 heteroatoms. The molecule has 0 N–H and O–H groups in total. The number of hydrogen-bond acceptors (Lipinski definition) is 1. The summed E-state index contributed by atoms with van der Waals surface area (Å²) in [6.45, 7) is 0. The molecule has 0 bridgehead atoms. The topological polar surface area (TPSA) is 23.0 Å². The summed E-state index contributed by atoms with van der Waals surface area (Å²) in [6.07, 6.45) is 0. The van der Waals surface area contributed by atoms with E-state index in [1.807, 2.05) is 0 Å². The quantitative estimate of drug-likeness (QED) is 0.176. The van der Waals surface area contributed by atoms with E-state index < -0.39 is 0 Å². The number of halogens is 1. The third-order valence-electron chi connectivity index (χ3n) is 8.18. The lowest BCUT2D eigenvalue weighted by atomic mass is 10.1. The second-order valence-corrected chi connectivity index (χ2v) is 11.5. The lowest BCUT2D eigenvalue weighted by Gasteiger charge is -2.09. The Balaban J connectivity index is 1.41. The molecule has 0 radical (unpaired) electrons. The molecule has 9 rings (SSSR count). The highest BCUT2D eigenvalue weighted by Crippen LogP contribution is 2.41. The molecule has 6 aromatic carbocycles. The first-order valence-corrected chi connectivity index (χ1v) is 14.5. The van der Waals surface area contributed by atoms with Crippen molar-refractivity contribution in [3.05, 3.63) is 131 Å². The summed E-state index contributed by atoms with van der Waals surface area (Å²) in [5, 5.41) is 7.22. The van der Waals surface area contributed by atoms with Gasteiger partial charge < -0.3 is 13.6 Å². The van der Waals surface area contributed by atoms with Crippen molar-refractivity contribution in [2.45, 2.75) is 0 Å². The highest BCUT2D eigenvalue weighted by Gasteiger charge is 2.20. The zero-order valence-electron chi connectivity index (χ0n) is 21.3. The van der Waals surface area contributed by atoms with Crippen LogP contribution in [0.4, 0.5) is 0 Å². The van der Waals surface area contributed by atoms with Gasteiger partial charge in [0.1, 0.15) is 0 Å². The second-order valence-electron chi connectivity index (χ2n) is 10.3. The first-order valence-electron chi connectivity index (χ1n) is 13.4. The predicted molar refractivity (Wildman–Crippen MR) is 175 cm³/mol. The van der Waals surface area contributed by atoms with Crippen LogP contribution in [0, 0.1) is 3.57 Å². The SMILES string of the molecule is Ic1ccc2c(c1)c1ccccc1n2-c1cccc2c1oc1c(-n3c4ccccc4c4ccccc43)cccc12. The summed E-state index contributed by atoms with van der Waals surface area (Å²) in [4.78, 5) is 0. The van der Waals surface area contributed by atoms with E-state index in [1.165, 1.54) is 47.2 Å². The second kappa shape index (κ2) is 8.23. The molecular weight excluding hydrogens is 603 g/mol. The maximum Gasteiger partial charge on any atom is 0.159 e. The van der Waals surface area contributed by atoms with Gasteiger partial charge in [-0.05, 0) is 71.1 Å². The van der Waals surface area contributed by atoms with Crippen molar-refractivity contribution >= 4 is 88.1 Å².